The van der Waals surface area contributed by atoms with Crippen molar-refractivity contribution in [3.05, 3.63) is 102 Å². The van der Waals surface area contributed by atoms with Crippen LogP contribution in [-0.4, -0.2) is 28.6 Å². The normalized spacial score (nSPS) is 11.2. The summed E-state index contributed by atoms with van der Waals surface area (Å²) in [4.78, 5) is 16.9. The molecule has 5 heteroatoms. The molecule has 1 N–H and O–H groups in total. The Morgan fingerprint density at radius 1 is 1.00 bits per heavy atom. The Labute approximate surface area is 194 Å². The number of ether oxygens (including phenoxy) is 1. The van der Waals surface area contributed by atoms with Crippen LogP contribution in [-0.2, 0) is 17.8 Å². The summed E-state index contributed by atoms with van der Waals surface area (Å²) in [5.74, 6) is 1.80. The van der Waals surface area contributed by atoms with Crippen LogP contribution in [0, 0.1) is 6.92 Å². The van der Waals surface area contributed by atoms with Gasteiger partial charge in [-0.25, -0.2) is 4.98 Å². The molecule has 0 atom stereocenters. The lowest BCUT2D eigenvalue weighted by Crippen LogP contribution is -2.23. The number of para-hydroxylation sites is 2. The van der Waals surface area contributed by atoms with Crippen LogP contribution < -0.4 is 10.1 Å². The fourth-order valence-corrected chi connectivity index (χ4v) is 3.71. The number of aryl methyl sites for hydroxylation is 2. The molecule has 0 saturated heterocycles. The van der Waals surface area contributed by atoms with Crippen LogP contribution in [0.3, 0.4) is 0 Å². The van der Waals surface area contributed by atoms with Gasteiger partial charge in [-0.15, -0.1) is 0 Å². The van der Waals surface area contributed by atoms with Gasteiger partial charge >= 0.3 is 0 Å². The zero-order valence-electron chi connectivity index (χ0n) is 18.9. The Bertz CT molecular complexity index is 1210. The number of hydrogen-bond donors (Lipinski definition) is 1. The number of nitrogens with one attached hydrogen (secondary N) is 1. The highest BCUT2D eigenvalue weighted by Gasteiger charge is 2.10. The summed E-state index contributed by atoms with van der Waals surface area (Å²) in [5.41, 5.74) is 4.31. The fourth-order valence-electron chi connectivity index (χ4n) is 3.71. The Hall–Kier alpha value is -3.86. The van der Waals surface area contributed by atoms with Crippen molar-refractivity contribution in [2.24, 2.45) is 0 Å². The molecule has 4 aromatic rings. The molecule has 1 aromatic heterocycles. The standard InChI is InChI=1S/C28H29N3O2/c1-22-13-16-24(17-14-22)33-21-20-31-26-11-6-5-10-25(26)30-27(31)12-7-19-29-28(32)18-15-23-8-3-2-4-9-23/h2-6,8-11,13-18H,7,12,19-21H2,1H3,(H,29,32)/b18-15+. The van der Waals surface area contributed by atoms with Gasteiger partial charge in [-0.05, 0) is 49.2 Å². The van der Waals surface area contributed by atoms with Crippen molar-refractivity contribution < 1.29 is 9.53 Å². The van der Waals surface area contributed by atoms with E-state index in [9.17, 15) is 4.79 Å². The van der Waals surface area contributed by atoms with Crippen LogP contribution in [0.4, 0.5) is 0 Å². The van der Waals surface area contributed by atoms with Gasteiger partial charge in [0.25, 0.3) is 0 Å². The van der Waals surface area contributed by atoms with E-state index in [-0.39, 0.29) is 5.91 Å². The molecule has 33 heavy (non-hydrogen) atoms. The largest absolute Gasteiger partial charge is 0.492 e. The first kappa shape index (κ1) is 22.3. The number of nitrogens with zero attached hydrogens (tertiary/aromatic N) is 2. The number of rotatable bonds is 10. The van der Waals surface area contributed by atoms with Gasteiger partial charge in [0.15, 0.2) is 0 Å². The van der Waals surface area contributed by atoms with E-state index in [1.807, 2.05) is 66.7 Å². The molecular formula is C28H29N3O2. The van der Waals surface area contributed by atoms with E-state index >= 15 is 0 Å². The Morgan fingerprint density at radius 2 is 1.76 bits per heavy atom. The maximum absolute atomic E-state index is 12.1. The number of imidazole rings is 1. The molecule has 168 valence electrons. The smallest absolute Gasteiger partial charge is 0.243 e. The second-order valence-electron chi connectivity index (χ2n) is 7.97. The highest BCUT2D eigenvalue weighted by Crippen LogP contribution is 2.18. The number of carbonyl (C=O) groups excluding carboxylic acids is 1. The summed E-state index contributed by atoms with van der Waals surface area (Å²) >= 11 is 0. The number of amides is 1. The molecule has 0 bridgehead atoms. The average Bonchev–Trinajstić information content (AvgIpc) is 3.20. The SMILES string of the molecule is Cc1ccc(OCCn2c(CCCNC(=O)/C=C/c3ccccc3)nc3ccccc32)cc1. The second kappa shape index (κ2) is 11.1. The predicted octanol–water partition coefficient (Wildman–Crippen LogP) is 5.19. The van der Waals surface area contributed by atoms with Gasteiger partial charge in [-0.3, -0.25) is 4.79 Å². The summed E-state index contributed by atoms with van der Waals surface area (Å²) in [6.45, 7) is 3.95. The summed E-state index contributed by atoms with van der Waals surface area (Å²) in [5, 5.41) is 2.96. The van der Waals surface area contributed by atoms with Crippen LogP contribution >= 0.6 is 0 Å². The van der Waals surface area contributed by atoms with Crippen molar-refractivity contribution in [1.82, 2.24) is 14.9 Å². The summed E-state index contributed by atoms with van der Waals surface area (Å²) in [6.07, 6.45) is 4.99. The average molecular weight is 440 g/mol. The van der Waals surface area contributed by atoms with Gasteiger partial charge in [-0.1, -0.05) is 60.2 Å². The quantitative estimate of drug-likeness (QED) is 0.273. The maximum atomic E-state index is 12.1. The molecule has 0 aliphatic heterocycles. The number of aromatic nitrogens is 2. The highest BCUT2D eigenvalue weighted by molar-refractivity contribution is 5.91. The molecule has 3 aromatic carbocycles. The summed E-state index contributed by atoms with van der Waals surface area (Å²) < 4.78 is 8.17. The van der Waals surface area contributed by atoms with Gasteiger partial charge in [0.2, 0.25) is 5.91 Å². The van der Waals surface area contributed by atoms with E-state index in [4.69, 9.17) is 9.72 Å². The Kier molecular flexibility index (Phi) is 7.54. The van der Waals surface area contributed by atoms with E-state index in [1.54, 1.807) is 6.08 Å². The molecule has 0 unspecified atom stereocenters. The predicted molar refractivity (Wildman–Crippen MR) is 133 cm³/mol. The lowest BCUT2D eigenvalue weighted by Gasteiger charge is -2.11. The van der Waals surface area contributed by atoms with E-state index < -0.39 is 0 Å². The lowest BCUT2D eigenvalue weighted by atomic mass is 10.2. The number of fused-ring (bicyclic) bond motifs is 1. The molecule has 1 amide bonds. The highest BCUT2D eigenvalue weighted by atomic mass is 16.5. The number of carbonyl (C=O) groups is 1. The van der Waals surface area contributed by atoms with Crippen LogP contribution in [0.5, 0.6) is 5.75 Å². The Balaban J connectivity index is 1.31. The van der Waals surface area contributed by atoms with Crippen LogP contribution in [0.25, 0.3) is 17.1 Å². The molecule has 5 nitrogen and oxygen atoms in total. The lowest BCUT2D eigenvalue weighted by molar-refractivity contribution is -0.116. The number of benzene rings is 3. The fraction of sp³-hybridized carbons (Fsp3) is 0.214. The molecule has 0 aliphatic carbocycles. The Morgan fingerprint density at radius 3 is 2.58 bits per heavy atom. The van der Waals surface area contributed by atoms with Crippen molar-refractivity contribution in [1.29, 1.82) is 0 Å². The molecule has 0 spiro atoms. The first-order valence-electron chi connectivity index (χ1n) is 11.3. The van der Waals surface area contributed by atoms with E-state index in [0.29, 0.717) is 13.2 Å². The monoisotopic (exact) mass is 439 g/mol. The van der Waals surface area contributed by atoms with Gasteiger partial charge in [0, 0.05) is 19.0 Å². The second-order valence-corrected chi connectivity index (χ2v) is 7.97. The number of hydrogen-bond acceptors (Lipinski definition) is 3. The zero-order chi connectivity index (χ0) is 22.9. The molecule has 4 rings (SSSR count). The molecule has 0 aliphatic rings. The van der Waals surface area contributed by atoms with E-state index in [1.165, 1.54) is 5.56 Å². The summed E-state index contributed by atoms with van der Waals surface area (Å²) in [7, 11) is 0. The van der Waals surface area contributed by atoms with Crippen molar-refractivity contribution >= 4 is 23.0 Å². The zero-order valence-corrected chi connectivity index (χ0v) is 18.9. The minimum Gasteiger partial charge on any atom is -0.492 e. The first-order chi connectivity index (χ1) is 16.2. The van der Waals surface area contributed by atoms with Crippen LogP contribution in [0.2, 0.25) is 0 Å². The van der Waals surface area contributed by atoms with Gasteiger partial charge in [0.05, 0.1) is 17.6 Å². The van der Waals surface area contributed by atoms with Crippen molar-refractivity contribution in [3.63, 3.8) is 0 Å². The molecule has 0 radical (unpaired) electrons. The molecule has 0 saturated carbocycles. The molecule has 0 fully saturated rings. The third-order valence-electron chi connectivity index (χ3n) is 5.44. The molecule has 1 heterocycles. The van der Waals surface area contributed by atoms with Gasteiger partial charge in [0.1, 0.15) is 18.2 Å². The van der Waals surface area contributed by atoms with Crippen molar-refractivity contribution in [2.45, 2.75) is 26.3 Å². The van der Waals surface area contributed by atoms with Gasteiger partial charge < -0.3 is 14.6 Å². The van der Waals surface area contributed by atoms with Crippen LogP contribution in [0.15, 0.2) is 84.9 Å². The van der Waals surface area contributed by atoms with Gasteiger partial charge in [-0.2, -0.15) is 0 Å². The molecular weight excluding hydrogens is 410 g/mol. The topological polar surface area (TPSA) is 56.1 Å². The van der Waals surface area contributed by atoms with E-state index in [2.05, 4.69) is 35.0 Å². The minimum atomic E-state index is -0.0844. The third-order valence-corrected chi connectivity index (χ3v) is 5.44. The van der Waals surface area contributed by atoms with Crippen LogP contribution in [0.1, 0.15) is 23.4 Å². The third kappa shape index (κ3) is 6.32. The van der Waals surface area contributed by atoms with E-state index in [0.717, 1.165) is 47.6 Å². The van der Waals surface area contributed by atoms with Crippen molar-refractivity contribution in [2.75, 3.05) is 13.2 Å². The summed E-state index contributed by atoms with van der Waals surface area (Å²) in [6, 6.07) is 26.1. The minimum absolute atomic E-state index is 0.0844. The first-order valence-corrected chi connectivity index (χ1v) is 11.3. The maximum Gasteiger partial charge on any atom is 0.243 e. The van der Waals surface area contributed by atoms with Crippen molar-refractivity contribution in [3.8, 4) is 5.75 Å².